The van der Waals surface area contributed by atoms with Gasteiger partial charge >= 0.3 is 0 Å². The zero-order valence-corrected chi connectivity index (χ0v) is 6.51. The van der Waals surface area contributed by atoms with E-state index in [0.717, 1.165) is 19.3 Å². The monoisotopic (exact) mass is 145 g/mol. The van der Waals surface area contributed by atoms with Gasteiger partial charge in [-0.2, -0.15) is 0 Å². The van der Waals surface area contributed by atoms with Crippen LogP contribution >= 0.6 is 0 Å². The molecule has 0 heterocycles. The quantitative estimate of drug-likeness (QED) is 0.453. The number of aryl methyl sites for hydroxylation is 1. The summed E-state index contributed by atoms with van der Waals surface area (Å²) in [6.07, 6.45) is 5.10. The third-order valence-electron chi connectivity index (χ3n) is 1.61. The molecular formula is C11H12. The number of hydrogen-bond acceptors (Lipinski definition) is 0. The fourth-order valence-corrected chi connectivity index (χ4v) is 1.03. The molecule has 0 N–H and O–H groups in total. The predicted molar refractivity (Wildman–Crippen MR) is 48.2 cm³/mol. The summed E-state index contributed by atoms with van der Waals surface area (Å²) in [5, 5.41) is 0. The van der Waals surface area contributed by atoms with Crippen molar-refractivity contribution in [2.75, 3.05) is 0 Å². The summed E-state index contributed by atoms with van der Waals surface area (Å²) in [6, 6.07) is 10.4. The molecule has 0 aliphatic heterocycles. The van der Waals surface area contributed by atoms with Crippen LogP contribution in [0.2, 0.25) is 0 Å². The van der Waals surface area contributed by atoms with Crippen molar-refractivity contribution < 1.29 is 1.37 Å². The van der Waals surface area contributed by atoms with Crippen molar-refractivity contribution in [1.82, 2.24) is 0 Å². The van der Waals surface area contributed by atoms with E-state index in [-0.39, 0.29) is 0 Å². The van der Waals surface area contributed by atoms with Crippen LogP contribution in [-0.2, 0) is 6.42 Å². The lowest BCUT2D eigenvalue weighted by atomic mass is 10.1. The van der Waals surface area contributed by atoms with E-state index in [9.17, 15) is 0 Å². The molecule has 0 fully saturated rings. The molecule has 11 heavy (non-hydrogen) atoms. The average Bonchev–Trinajstić information content (AvgIpc) is 2.14. The first kappa shape index (κ1) is 6.49. The molecule has 0 saturated heterocycles. The standard InChI is InChI=1S/C11H12/c1-2-3-5-8-11-9-6-4-7-10-11/h1,4,6-7,9-10H,3,5,8H2/i1D. The first-order valence-electron chi connectivity index (χ1n) is 4.37. The minimum Gasteiger partial charge on any atom is -0.120 e. The van der Waals surface area contributed by atoms with Gasteiger partial charge in [0.05, 0.1) is 0 Å². The molecule has 1 aromatic carbocycles. The number of rotatable bonds is 3. The van der Waals surface area contributed by atoms with Crippen LogP contribution in [0.25, 0.3) is 0 Å². The number of hydrogen-bond donors (Lipinski definition) is 0. The Bertz CT molecular complexity index is 266. The lowest BCUT2D eigenvalue weighted by Gasteiger charge is -1.96. The van der Waals surface area contributed by atoms with Gasteiger partial charge in [-0.15, -0.1) is 12.3 Å². The maximum atomic E-state index is 6.62. The summed E-state index contributed by atoms with van der Waals surface area (Å²) in [7, 11) is 0. The lowest BCUT2D eigenvalue weighted by Crippen LogP contribution is -1.82. The minimum absolute atomic E-state index is 0.832. The molecule has 0 saturated carbocycles. The van der Waals surface area contributed by atoms with Crippen LogP contribution in [0.1, 0.15) is 19.8 Å². The fourth-order valence-electron chi connectivity index (χ4n) is 1.03. The molecular weight excluding hydrogens is 132 g/mol. The molecule has 0 bridgehead atoms. The highest BCUT2D eigenvalue weighted by molar-refractivity contribution is 5.14. The van der Waals surface area contributed by atoms with Crippen LogP contribution in [0.15, 0.2) is 30.3 Å². The SMILES string of the molecule is [2H]C#CCCCc1ccccc1. The van der Waals surface area contributed by atoms with Gasteiger partial charge in [0.1, 0.15) is 1.37 Å². The molecule has 0 aromatic heterocycles. The number of terminal acetylenes is 1. The Kier molecular flexibility index (Phi) is 2.70. The van der Waals surface area contributed by atoms with Gasteiger partial charge in [0.25, 0.3) is 0 Å². The third kappa shape index (κ3) is 2.91. The van der Waals surface area contributed by atoms with E-state index in [0.29, 0.717) is 0 Å². The van der Waals surface area contributed by atoms with Crippen molar-refractivity contribution in [3.05, 3.63) is 35.9 Å². The minimum atomic E-state index is 0.832. The zero-order chi connectivity index (χ0) is 8.65. The second kappa shape index (κ2) is 4.57. The molecule has 0 radical (unpaired) electrons. The number of benzene rings is 1. The molecule has 56 valence electrons. The van der Waals surface area contributed by atoms with Gasteiger partial charge in [-0.25, -0.2) is 0 Å². The van der Waals surface area contributed by atoms with Crippen LogP contribution in [0.5, 0.6) is 0 Å². The van der Waals surface area contributed by atoms with E-state index < -0.39 is 0 Å². The molecule has 0 atom stereocenters. The van der Waals surface area contributed by atoms with E-state index in [4.69, 9.17) is 1.37 Å². The fraction of sp³-hybridized carbons (Fsp3) is 0.273. The van der Waals surface area contributed by atoms with Crippen molar-refractivity contribution in [3.8, 4) is 12.3 Å². The molecule has 0 aliphatic carbocycles. The predicted octanol–water partition coefficient (Wildman–Crippen LogP) is 2.64. The van der Waals surface area contributed by atoms with Crippen LogP contribution in [0, 0.1) is 12.3 Å². The number of unbranched alkanes of at least 4 members (excludes halogenated alkanes) is 1. The summed E-state index contributed by atoms with van der Waals surface area (Å²) in [6.45, 7) is 0. The largest absolute Gasteiger partial charge is 0.124 e. The summed E-state index contributed by atoms with van der Waals surface area (Å²) >= 11 is 0. The molecule has 1 aromatic rings. The first-order valence-corrected chi connectivity index (χ1v) is 3.87. The Morgan fingerprint density at radius 1 is 1.36 bits per heavy atom. The Morgan fingerprint density at radius 2 is 2.18 bits per heavy atom. The molecule has 0 nitrogen and oxygen atoms in total. The van der Waals surface area contributed by atoms with Gasteiger partial charge in [-0.3, -0.25) is 0 Å². The first-order chi connectivity index (χ1) is 5.93. The molecule has 0 unspecified atom stereocenters. The second-order valence-electron chi connectivity index (χ2n) is 2.52. The zero-order valence-electron chi connectivity index (χ0n) is 7.51. The maximum Gasteiger partial charge on any atom is 0.124 e. The summed E-state index contributed by atoms with van der Waals surface area (Å²) in [5.41, 5.74) is 1.35. The molecule has 1 rings (SSSR count). The summed E-state index contributed by atoms with van der Waals surface area (Å²) in [5.74, 6) is 2.74. The normalized spacial score (nSPS) is 9.64. The highest BCUT2D eigenvalue weighted by Gasteiger charge is 1.88. The van der Waals surface area contributed by atoms with E-state index in [1.807, 2.05) is 18.2 Å². The van der Waals surface area contributed by atoms with Crippen LogP contribution in [0.3, 0.4) is 0 Å². The summed E-state index contributed by atoms with van der Waals surface area (Å²) < 4.78 is 6.62. The molecule has 0 heteroatoms. The van der Waals surface area contributed by atoms with Crippen molar-refractivity contribution >= 4 is 0 Å². The van der Waals surface area contributed by atoms with Gasteiger partial charge in [0, 0.05) is 6.42 Å². The Labute approximate surface area is 69.7 Å². The van der Waals surface area contributed by atoms with E-state index in [2.05, 4.69) is 24.5 Å². The maximum absolute atomic E-state index is 6.62. The van der Waals surface area contributed by atoms with Crippen molar-refractivity contribution in [1.29, 1.82) is 0 Å². The third-order valence-corrected chi connectivity index (χ3v) is 1.61. The Hall–Kier alpha value is -1.22. The van der Waals surface area contributed by atoms with Crippen molar-refractivity contribution in [3.63, 3.8) is 0 Å². The van der Waals surface area contributed by atoms with Gasteiger partial charge < -0.3 is 0 Å². The highest BCUT2D eigenvalue weighted by atomic mass is 13.9. The molecule has 0 spiro atoms. The Balaban J connectivity index is 2.27. The summed E-state index contributed by atoms with van der Waals surface area (Å²) in [4.78, 5) is 0. The Morgan fingerprint density at radius 3 is 2.91 bits per heavy atom. The lowest BCUT2D eigenvalue weighted by molar-refractivity contribution is 0.858. The highest BCUT2D eigenvalue weighted by Crippen LogP contribution is 2.03. The van der Waals surface area contributed by atoms with Crippen LogP contribution in [-0.4, -0.2) is 0 Å². The van der Waals surface area contributed by atoms with Crippen molar-refractivity contribution in [2.45, 2.75) is 19.3 Å². The van der Waals surface area contributed by atoms with E-state index >= 15 is 0 Å². The van der Waals surface area contributed by atoms with Gasteiger partial charge in [-0.05, 0) is 18.4 Å². The van der Waals surface area contributed by atoms with Crippen LogP contribution in [0.4, 0.5) is 0 Å². The van der Waals surface area contributed by atoms with E-state index in [1.54, 1.807) is 0 Å². The second-order valence-corrected chi connectivity index (χ2v) is 2.52. The van der Waals surface area contributed by atoms with Gasteiger partial charge in [0.15, 0.2) is 0 Å². The molecule has 0 amide bonds. The smallest absolute Gasteiger partial charge is 0.120 e. The van der Waals surface area contributed by atoms with Gasteiger partial charge in [0.2, 0.25) is 0 Å². The van der Waals surface area contributed by atoms with Gasteiger partial charge in [-0.1, -0.05) is 30.3 Å². The molecule has 0 aliphatic rings. The van der Waals surface area contributed by atoms with E-state index in [1.165, 1.54) is 5.56 Å². The average molecular weight is 145 g/mol. The van der Waals surface area contributed by atoms with Crippen LogP contribution < -0.4 is 0 Å². The topological polar surface area (TPSA) is 0 Å². The van der Waals surface area contributed by atoms with Crippen molar-refractivity contribution in [2.24, 2.45) is 0 Å².